The van der Waals surface area contributed by atoms with Crippen LogP contribution in [0.25, 0.3) is 0 Å². The van der Waals surface area contributed by atoms with Crippen LogP contribution < -0.4 is 10.5 Å². The van der Waals surface area contributed by atoms with E-state index in [1.807, 2.05) is 20.8 Å². The molecule has 100 valence electrons. The molecule has 0 aliphatic rings. The molecule has 0 aliphatic heterocycles. The van der Waals surface area contributed by atoms with E-state index < -0.39 is 17.4 Å². The van der Waals surface area contributed by atoms with Gasteiger partial charge in [-0.1, -0.05) is 20.8 Å². The standard InChI is InChI=1S/C13H18F2N2O/c1-13(2,3)4-5-18-11-9(14)6-8(12(16)17)7-10(11)15/h6-7H,4-5H2,1-3H3,(H3,16,17). The van der Waals surface area contributed by atoms with Crippen molar-refractivity contribution in [1.29, 1.82) is 5.41 Å². The SMILES string of the molecule is CC(C)(C)CCOc1c(F)cc(C(=N)N)cc1F. The maximum absolute atomic E-state index is 13.6. The Kier molecular flexibility index (Phi) is 4.27. The van der Waals surface area contributed by atoms with Gasteiger partial charge in [-0.25, -0.2) is 8.78 Å². The van der Waals surface area contributed by atoms with Gasteiger partial charge in [0.25, 0.3) is 0 Å². The van der Waals surface area contributed by atoms with E-state index in [-0.39, 0.29) is 23.4 Å². The van der Waals surface area contributed by atoms with Gasteiger partial charge in [0, 0.05) is 5.56 Å². The Balaban J connectivity index is 2.81. The Bertz CT molecular complexity index is 430. The highest BCUT2D eigenvalue weighted by atomic mass is 19.1. The molecule has 0 amide bonds. The van der Waals surface area contributed by atoms with Crippen molar-refractivity contribution in [3.05, 3.63) is 29.3 Å². The first-order valence-corrected chi connectivity index (χ1v) is 5.67. The Hall–Kier alpha value is -1.65. The second kappa shape index (κ2) is 5.33. The molecule has 1 aromatic rings. The molecule has 0 fully saturated rings. The van der Waals surface area contributed by atoms with Crippen molar-refractivity contribution in [2.75, 3.05) is 6.61 Å². The Morgan fingerprint density at radius 3 is 2.17 bits per heavy atom. The molecular formula is C13H18F2N2O. The van der Waals surface area contributed by atoms with Crippen LogP contribution in [-0.4, -0.2) is 12.4 Å². The van der Waals surface area contributed by atoms with Gasteiger partial charge in [-0.05, 0) is 24.0 Å². The zero-order valence-electron chi connectivity index (χ0n) is 10.8. The molecule has 1 rings (SSSR count). The van der Waals surface area contributed by atoms with Gasteiger partial charge >= 0.3 is 0 Å². The van der Waals surface area contributed by atoms with Crippen LogP contribution in [-0.2, 0) is 0 Å². The highest BCUT2D eigenvalue weighted by Gasteiger charge is 2.16. The lowest BCUT2D eigenvalue weighted by Gasteiger charge is -2.18. The molecule has 0 saturated carbocycles. The lowest BCUT2D eigenvalue weighted by molar-refractivity contribution is 0.226. The Labute approximate surface area is 105 Å². The smallest absolute Gasteiger partial charge is 0.190 e. The zero-order valence-corrected chi connectivity index (χ0v) is 10.8. The second-order valence-electron chi connectivity index (χ2n) is 5.34. The average Bonchev–Trinajstić information content (AvgIpc) is 2.20. The molecule has 0 bridgehead atoms. The summed E-state index contributed by atoms with van der Waals surface area (Å²) in [5.74, 6) is -2.47. The Morgan fingerprint density at radius 2 is 1.78 bits per heavy atom. The van der Waals surface area contributed by atoms with Gasteiger partial charge in [0.05, 0.1) is 6.61 Å². The first-order valence-electron chi connectivity index (χ1n) is 5.67. The van der Waals surface area contributed by atoms with Crippen LogP contribution in [0.4, 0.5) is 8.78 Å². The number of ether oxygens (including phenoxy) is 1. The quantitative estimate of drug-likeness (QED) is 0.642. The summed E-state index contributed by atoms with van der Waals surface area (Å²) < 4.78 is 32.3. The van der Waals surface area contributed by atoms with Crippen molar-refractivity contribution in [1.82, 2.24) is 0 Å². The number of hydrogen-bond donors (Lipinski definition) is 2. The highest BCUT2D eigenvalue weighted by Crippen LogP contribution is 2.25. The third kappa shape index (κ3) is 3.98. The van der Waals surface area contributed by atoms with Crippen molar-refractivity contribution < 1.29 is 13.5 Å². The minimum absolute atomic E-state index is 0.00757. The molecule has 5 heteroatoms. The minimum Gasteiger partial charge on any atom is -0.488 e. The first kappa shape index (κ1) is 14.4. The van der Waals surface area contributed by atoms with Crippen LogP contribution >= 0.6 is 0 Å². The molecule has 0 heterocycles. The molecule has 1 aromatic carbocycles. The van der Waals surface area contributed by atoms with Crippen LogP contribution in [0.15, 0.2) is 12.1 Å². The lowest BCUT2D eigenvalue weighted by atomic mass is 9.93. The predicted octanol–water partition coefficient (Wildman–Crippen LogP) is 3.06. The van der Waals surface area contributed by atoms with Gasteiger partial charge in [-0.3, -0.25) is 5.41 Å². The monoisotopic (exact) mass is 256 g/mol. The van der Waals surface area contributed by atoms with Gasteiger partial charge in [-0.15, -0.1) is 0 Å². The molecule has 0 spiro atoms. The van der Waals surface area contributed by atoms with Gasteiger partial charge < -0.3 is 10.5 Å². The summed E-state index contributed by atoms with van der Waals surface area (Å²) >= 11 is 0. The summed E-state index contributed by atoms with van der Waals surface area (Å²) in [5, 5.41) is 7.12. The molecule has 3 N–H and O–H groups in total. The van der Waals surface area contributed by atoms with Crippen LogP contribution in [0, 0.1) is 22.5 Å². The van der Waals surface area contributed by atoms with E-state index in [1.54, 1.807) is 0 Å². The summed E-state index contributed by atoms with van der Waals surface area (Å²) in [5.41, 5.74) is 5.21. The van der Waals surface area contributed by atoms with E-state index in [1.165, 1.54) is 0 Å². The number of rotatable bonds is 4. The van der Waals surface area contributed by atoms with Gasteiger partial charge in [0.1, 0.15) is 5.84 Å². The number of hydrogen-bond acceptors (Lipinski definition) is 2. The van der Waals surface area contributed by atoms with Crippen molar-refractivity contribution in [3.8, 4) is 5.75 Å². The molecule has 3 nitrogen and oxygen atoms in total. The van der Waals surface area contributed by atoms with E-state index in [4.69, 9.17) is 15.9 Å². The fourth-order valence-corrected chi connectivity index (χ4v) is 1.31. The van der Waals surface area contributed by atoms with E-state index in [9.17, 15) is 8.78 Å². The number of amidine groups is 1. The summed E-state index contributed by atoms with van der Waals surface area (Å²) in [6.07, 6.45) is 0.681. The van der Waals surface area contributed by atoms with Crippen molar-refractivity contribution in [2.24, 2.45) is 11.1 Å². The number of halogens is 2. The molecule has 0 aromatic heterocycles. The molecule has 18 heavy (non-hydrogen) atoms. The van der Waals surface area contributed by atoms with Crippen LogP contribution in [0.1, 0.15) is 32.8 Å². The molecule has 0 atom stereocenters. The molecule has 0 saturated heterocycles. The zero-order chi connectivity index (χ0) is 13.9. The maximum atomic E-state index is 13.6. The fraction of sp³-hybridized carbons (Fsp3) is 0.462. The van der Waals surface area contributed by atoms with Crippen LogP contribution in [0.5, 0.6) is 5.75 Å². The molecule has 0 unspecified atom stereocenters. The van der Waals surface area contributed by atoms with Crippen LogP contribution in [0.2, 0.25) is 0 Å². The lowest BCUT2D eigenvalue weighted by Crippen LogP contribution is -2.14. The van der Waals surface area contributed by atoms with Gasteiger partial charge in [0.2, 0.25) is 0 Å². The van der Waals surface area contributed by atoms with Gasteiger partial charge in [-0.2, -0.15) is 0 Å². The summed E-state index contributed by atoms with van der Waals surface area (Å²) in [6.45, 7) is 6.28. The summed E-state index contributed by atoms with van der Waals surface area (Å²) in [7, 11) is 0. The van der Waals surface area contributed by atoms with E-state index in [2.05, 4.69) is 0 Å². The summed E-state index contributed by atoms with van der Waals surface area (Å²) in [6, 6.07) is 2.00. The predicted molar refractivity (Wildman–Crippen MR) is 66.9 cm³/mol. The molecule has 0 aliphatic carbocycles. The number of nitrogens with two attached hydrogens (primary N) is 1. The number of nitrogen functional groups attached to an aromatic ring is 1. The number of benzene rings is 1. The van der Waals surface area contributed by atoms with Crippen molar-refractivity contribution in [2.45, 2.75) is 27.2 Å². The van der Waals surface area contributed by atoms with E-state index in [0.29, 0.717) is 6.42 Å². The minimum atomic E-state index is -0.839. The average molecular weight is 256 g/mol. The van der Waals surface area contributed by atoms with Crippen LogP contribution in [0.3, 0.4) is 0 Å². The third-order valence-electron chi connectivity index (χ3n) is 2.41. The third-order valence-corrected chi connectivity index (χ3v) is 2.41. The first-order chi connectivity index (χ1) is 8.20. The molecule has 0 radical (unpaired) electrons. The fourth-order valence-electron chi connectivity index (χ4n) is 1.31. The topological polar surface area (TPSA) is 59.1 Å². The highest BCUT2D eigenvalue weighted by molar-refractivity contribution is 5.95. The normalized spacial score (nSPS) is 11.4. The van der Waals surface area contributed by atoms with Gasteiger partial charge in [0.15, 0.2) is 17.4 Å². The van der Waals surface area contributed by atoms with Crippen molar-refractivity contribution >= 4 is 5.84 Å². The van der Waals surface area contributed by atoms with E-state index >= 15 is 0 Å². The van der Waals surface area contributed by atoms with Crippen molar-refractivity contribution in [3.63, 3.8) is 0 Å². The summed E-state index contributed by atoms with van der Waals surface area (Å²) in [4.78, 5) is 0. The number of nitrogens with one attached hydrogen (secondary N) is 1. The van der Waals surface area contributed by atoms with E-state index in [0.717, 1.165) is 12.1 Å². The Morgan fingerprint density at radius 1 is 1.28 bits per heavy atom. The second-order valence-corrected chi connectivity index (χ2v) is 5.34. The largest absolute Gasteiger partial charge is 0.488 e. The molecular weight excluding hydrogens is 238 g/mol. The maximum Gasteiger partial charge on any atom is 0.190 e.